The van der Waals surface area contributed by atoms with Crippen LogP contribution in [0.3, 0.4) is 0 Å². The maximum absolute atomic E-state index is 13.6. The van der Waals surface area contributed by atoms with Gasteiger partial charge < -0.3 is 5.32 Å². The van der Waals surface area contributed by atoms with Crippen molar-refractivity contribution < 1.29 is 4.39 Å². The topological polar surface area (TPSA) is 12.0 Å². The predicted molar refractivity (Wildman–Crippen MR) is 69.2 cm³/mol. The number of benzene rings is 2. The predicted octanol–water partition coefficient (Wildman–Crippen LogP) is 3.60. The van der Waals surface area contributed by atoms with E-state index in [4.69, 9.17) is 0 Å². The Morgan fingerprint density at radius 1 is 1.00 bits per heavy atom. The molecule has 1 nitrogen and oxygen atoms in total. The minimum absolute atomic E-state index is 0.148. The first-order valence-corrected chi connectivity index (χ1v) is 5.86. The van der Waals surface area contributed by atoms with Crippen molar-refractivity contribution in [2.75, 3.05) is 6.54 Å². The molecule has 0 spiro atoms. The Bertz CT molecular complexity index is 480. The average molecular weight is 229 g/mol. The van der Waals surface area contributed by atoms with E-state index in [9.17, 15) is 4.39 Å². The van der Waals surface area contributed by atoms with E-state index >= 15 is 0 Å². The number of nitrogens with one attached hydrogen (secondary N) is 1. The Morgan fingerprint density at radius 2 is 1.76 bits per heavy atom. The molecule has 2 aromatic carbocycles. The van der Waals surface area contributed by atoms with Gasteiger partial charge >= 0.3 is 0 Å². The summed E-state index contributed by atoms with van der Waals surface area (Å²) in [5.41, 5.74) is 2.89. The SMILES string of the molecule is CCNCc1cc(-c2ccccc2)ccc1F. The third kappa shape index (κ3) is 2.92. The lowest BCUT2D eigenvalue weighted by Crippen LogP contribution is -2.12. The van der Waals surface area contributed by atoms with Crippen molar-refractivity contribution in [3.05, 3.63) is 59.9 Å². The van der Waals surface area contributed by atoms with Gasteiger partial charge in [-0.1, -0.05) is 43.3 Å². The third-order valence-corrected chi connectivity index (χ3v) is 2.72. The summed E-state index contributed by atoms with van der Waals surface area (Å²) in [7, 11) is 0. The maximum atomic E-state index is 13.6. The average Bonchev–Trinajstić information content (AvgIpc) is 2.39. The summed E-state index contributed by atoms with van der Waals surface area (Å²) in [6.45, 7) is 3.43. The summed E-state index contributed by atoms with van der Waals surface area (Å²) in [4.78, 5) is 0. The highest BCUT2D eigenvalue weighted by atomic mass is 19.1. The minimum Gasteiger partial charge on any atom is -0.313 e. The number of hydrogen-bond acceptors (Lipinski definition) is 1. The van der Waals surface area contributed by atoms with Crippen LogP contribution < -0.4 is 5.32 Å². The van der Waals surface area contributed by atoms with Crippen LogP contribution in [0.4, 0.5) is 4.39 Å². The first kappa shape index (κ1) is 11.8. The van der Waals surface area contributed by atoms with Crippen LogP contribution in [0.5, 0.6) is 0 Å². The molecule has 0 aliphatic rings. The van der Waals surface area contributed by atoms with Crippen molar-refractivity contribution in [1.29, 1.82) is 0 Å². The van der Waals surface area contributed by atoms with E-state index < -0.39 is 0 Å². The van der Waals surface area contributed by atoms with Gasteiger partial charge in [-0.25, -0.2) is 4.39 Å². The van der Waals surface area contributed by atoms with Crippen molar-refractivity contribution in [3.63, 3.8) is 0 Å². The van der Waals surface area contributed by atoms with Crippen LogP contribution >= 0.6 is 0 Å². The molecule has 0 aliphatic heterocycles. The summed E-state index contributed by atoms with van der Waals surface area (Å²) in [5, 5.41) is 3.14. The van der Waals surface area contributed by atoms with Crippen molar-refractivity contribution >= 4 is 0 Å². The van der Waals surface area contributed by atoms with Crippen LogP contribution in [-0.4, -0.2) is 6.54 Å². The molecule has 0 fully saturated rings. The molecule has 0 unspecified atom stereocenters. The van der Waals surface area contributed by atoms with Crippen LogP contribution in [0.25, 0.3) is 11.1 Å². The monoisotopic (exact) mass is 229 g/mol. The molecule has 0 bridgehead atoms. The Kier molecular flexibility index (Phi) is 3.89. The van der Waals surface area contributed by atoms with Crippen molar-refractivity contribution in [2.24, 2.45) is 0 Å². The molecule has 2 rings (SSSR count). The van der Waals surface area contributed by atoms with Gasteiger partial charge in [-0.15, -0.1) is 0 Å². The van der Waals surface area contributed by atoms with Crippen molar-refractivity contribution in [3.8, 4) is 11.1 Å². The number of halogens is 1. The summed E-state index contributed by atoms with van der Waals surface area (Å²) in [6, 6.07) is 15.3. The quantitative estimate of drug-likeness (QED) is 0.844. The molecule has 17 heavy (non-hydrogen) atoms. The van der Waals surface area contributed by atoms with Crippen LogP contribution in [0.2, 0.25) is 0 Å². The van der Waals surface area contributed by atoms with Gasteiger partial charge in [0.15, 0.2) is 0 Å². The molecule has 0 aliphatic carbocycles. The van der Waals surface area contributed by atoms with Crippen LogP contribution in [0.15, 0.2) is 48.5 Å². The highest BCUT2D eigenvalue weighted by molar-refractivity contribution is 5.64. The van der Waals surface area contributed by atoms with E-state index in [2.05, 4.69) is 5.32 Å². The molecule has 0 amide bonds. The van der Waals surface area contributed by atoms with E-state index in [0.29, 0.717) is 12.1 Å². The standard InChI is InChI=1S/C15H16FN/c1-2-17-11-14-10-13(8-9-15(14)16)12-6-4-3-5-7-12/h3-10,17H,2,11H2,1H3. The molecule has 0 radical (unpaired) electrons. The minimum atomic E-state index is -0.148. The molecular formula is C15H16FN. The van der Waals surface area contributed by atoms with Gasteiger partial charge in [0.25, 0.3) is 0 Å². The summed E-state index contributed by atoms with van der Waals surface area (Å²) in [5.74, 6) is -0.148. The fraction of sp³-hybridized carbons (Fsp3) is 0.200. The van der Waals surface area contributed by atoms with E-state index in [1.807, 2.05) is 49.4 Å². The van der Waals surface area contributed by atoms with Gasteiger partial charge in [-0.3, -0.25) is 0 Å². The van der Waals surface area contributed by atoms with Gasteiger partial charge in [0, 0.05) is 12.1 Å². The molecule has 0 saturated carbocycles. The lowest BCUT2D eigenvalue weighted by Gasteiger charge is -2.07. The van der Waals surface area contributed by atoms with Gasteiger partial charge in [-0.05, 0) is 29.8 Å². The molecule has 0 saturated heterocycles. The smallest absolute Gasteiger partial charge is 0.127 e. The normalized spacial score (nSPS) is 10.5. The molecule has 0 aromatic heterocycles. The second-order valence-corrected chi connectivity index (χ2v) is 3.95. The zero-order chi connectivity index (χ0) is 12.1. The highest BCUT2D eigenvalue weighted by Crippen LogP contribution is 2.21. The van der Waals surface area contributed by atoms with Gasteiger partial charge in [-0.2, -0.15) is 0 Å². The zero-order valence-corrected chi connectivity index (χ0v) is 9.91. The van der Waals surface area contributed by atoms with Crippen molar-refractivity contribution in [2.45, 2.75) is 13.5 Å². The highest BCUT2D eigenvalue weighted by Gasteiger charge is 2.04. The fourth-order valence-electron chi connectivity index (χ4n) is 1.78. The van der Waals surface area contributed by atoms with Gasteiger partial charge in [0.05, 0.1) is 0 Å². The molecule has 88 valence electrons. The second-order valence-electron chi connectivity index (χ2n) is 3.95. The van der Waals surface area contributed by atoms with Crippen LogP contribution in [0, 0.1) is 5.82 Å². The van der Waals surface area contributed by atoms with Crippen molar-refractivity contribution in [1.82, 2.24) is 5.32 Å². The van der Waals surface area contributed by atoms with E-state index in [-0.39, 0.29) is 5.82 Å². The Labute approximate surface area is 101 Å². The molecule has 1 N–H and O–H groups in total. The van der Waals surface area contributed by atoms with Gasteiger partial charge in [0.2, 0.25) is 0 Å². The second kappa shape index (κ2) is 5.60. The first-order valence-electron chi connectivity index (χ1n) is 5.86. The van der Waals surface area contributed by atoms with Crippen LogP contribution in [-0.2, 0) is 6.54 Å². The largest absolute Gasteiger partial charge is 0.313 e. The maximum Gasteiger partial charge on any atom is 0.127 e. The lowest BCUT2D eigenvalue weighted by atomic mass is 10.0. The lowest BCUT2D eigenvalue weighted by molar-refractivity contribution is 0.593. The fourth-order valence-corrected chi connectivity index (χ4v) is 1.78. The Morgan fingerprint density at radius 3 is 2.47 bits per heavy atom. The van der Waals surface area contributed by atoms with E-state index in [1.165, 1.54) is 6.07 Å². The zero-order valence-electron chi connectivity index (χ0n) is 9.91. The number of rotatable bonds is 4. The summed E-state index contributed by atoms with van der Waals surface area (Å²) >= 11 is 0. The Hall–Kier alpha value is -1.67. The number of hydrogen-bond donors (Lipinski definition) is 1. The summed E-state index contributed by atoms with van der Waals surface area (Å²) in [6.07, 6.45) is 0. The molecule has 2 aromatic rings. The third-order valence-electron chi connectivity index (χ3n) is 2.72. The Balaban J connectivity index is 2.31. The van der Waals surface area contributed by atoms with Crippen LogP contribution in [0.1, 0.15) is 12.5 Å². The summed E-state index contributed by atoms with van der Waals surface area (Å²) < 4.78 is 13.6. The molecular weight excluding hydrogens is 213 g/mol. The van der Waals surface area contributed by atoms with Gasteiger partial charge in [0.1, 0.15) is 5.82 Å². The van der Waals surface area contributed by atoms with E-state index in [1.54, 1.807) is 0 Å². The molecule has 0 heterocycles. The first-order chi connectivity index (χ1) is 8.31. The molecule has 0 atom stereocenters. The van der Waals surface area contributed by atoms with E-state index in [0.717, 1.165) is 17.7 Å². The molecule has 2 heteroatoms.